The Kier molecular flexibility index (Phi) is 4.96. The van der Waals surface area contributed by atoms with Gasteiger partial charge >= 0.3 is 5.97 Å². The van der Waals surface area contributed by atoms with Crippen LogP contribution in [0.3, 0.4) is 0 Å². The summed E-state index contributed by atoms with van der Waals surface area (Å²) < 4.78 is 26.1. The summed E-state index contributed by atoms with van der Waals surface area (Å²) >= 11 is 0.733. The van der Waals surface area contributed by atoms with Crippen molar-refractivity contribution in [2.45, 2.75) is 37.5 Å². The summed E-state index contributed by atoms with van der Waals surface area (Å²) in [7, 11) is -3.79. The largest absolute Gasteiger partial charge is 0.477 e. The molecule has 8 heteroatoms. The molecule has 0 amide bonds. The normalized spacial score (nSPS) is 12.9. The fourth-order valence-electron chi connectivity index (χ4n) is 1.72. The number of aryl methyl sites for hydroxylation is 1. The second kappa shape index (κ2) is 5.80. The number of sulfonamides is 1. The zero-order chi connectivity index (χ0) is 15.7. The molecule has 1 heterocycles. The molecule has 20 heavy (non-hydrogen) atoms. The average Bonchev–Trinajstić information content (AvgIpc) is 2.67. The number of carboxylic acids is 1. The van der Waals surface area contributed by atoms with Crippen LogP contribution in [0.5, 0.6) is 0 Å². The van der Waals surface area contributed by atoms with Crippen molar-refractivity contribution in [3.63, 3.8) is 0 Å². The molecule has 0 saturated heterocycles. The van der Waals surface area contributed by atoms with Gasteiger partial charge in [0.2, 0.25) is 0 Å². The number of likely N-dealkylation sites (N-methyl/N-ethyl adjacent to an activating group) is 1. The highest BCUT2D eigenvalue weighted by molar-refractivity contribution is 7.91. The quantitative estimate of drug-likeness (QED) is 0.828. The SMILES string of the molecule is CCN(CC(C)(C)O)S(=O)(=O)c1cc(C)c(C(=O)O)s1. The lowest BCUT2D eigenvalue weighted by atomic mass is 10.1. The van der Waals surface area contributed by atoms with Crippen LogP contribution >= 0.6 is 11.3 Å². The van der Waals surface area contributed by atoms with Crippen molar-refractivity contribution in [2.75, 3.05) is 13.1 Å². The molecule has 2 N–H and O–H groups in total. The lowest BCUT2D eigenvalue weighted by Crippen LogP contribution is -2.41. The standard InChI is InChI=1S/C12H19NO5S2/c1-5-13(7-12(3,4)16)20(17,18)9-6-8(2)10(19-9)11(14)15/h6,16H,5,7H2,1-4H3,(H,14,15). The zero-order valence-electron chi connectivity index (χ0n) is 11.9. The first-order valence-corrected chi connectivity index (χ1v) is 8.31. The topological polar surface area (TPSA) is 94.9 Å². The van der Waals surface area contributed by atoms with E-state index in [4.69, 9.17) is 5.11 Å². The van der Waals surface area contributed by atoms with Crippen LogP contribution in [0.2, 0.25) is 0 Å². The van der Waals surface area contributed by atoms with Gasteiger partial charge in [0, 0.05) is 13.1 Å². The van der Waals surface area contributed by atoms with Crippen molar-refractivity contribution < 1.29 is 23.4 Å². The molecule has 0 aromatic carbocycles. The number of thiophene rings is 1. The lowest BCUT2D eigenvalue weighted by molar-refractivity contribution is 0.0601. The second-order valence-electron chi connectivity index (χ2n) is 5.13. The van der Waals surface area contributed by atoms with Crippen LogP contribution in [-0.2, 0) is 10.0 Å². The van der Waals surface area contributed by atoms with Crippen LogP contribution in [-0.4, -0.2) is 47.6 Å². The highest BCUT2D eigenvalue weighted by atomic mass is 32.2. The van der Waals surface area contributed by atoms with Gasteiger partial charge in [0.25, 0.3) is 10.0 Å². The van der Waals surface area contributed by atoms with Gasteiger partial charge < -0.3 is 10.2 Å². The summed E-state index contributed by atoms with van der Waals surface area (Å²) in [5.41, 5.74) is -0.745. The molecule has 0 unspecified atom stereocenters. The highest BCUT2D eigenvalue weighted by Crippen LogP contribution is 2.29. The smallest absolute Gasteiger partial charge is 0.346 e. The first-order chi connectivity index (χ1) is 8.99. The van der Waals surface area contributed by atoms with E-state index in [9.17, 15) is 18.3 Å². The number of nitrogens with zero attached hydrogens (tertiary/aromatic N) is 1. The number of carbonyl (C=O) groups is 1. The van der Waals surface area contributed by atoms with Crippen LogP contribution in [0.4, 0.5) is 0 Å². The first kappa shape index (κ1) is 17.1. The van der Waals surface area contributed by atoms with Crippen molar-refractivity contribution in [3.8, 4) is 0 Å². The Hall–Kier alpha value is -0.960. The molecule has 1 aromatic heterocycles. The molecular formula is C12H19NO5S2. The van der Waals surface area contributed by atoms with E-state index in [1.165, 1.54) is 19.9 Å². The van der Waals surface area contributed by atoms with Gasteiger partial charge in [-0.2, -0.15) is 4.31 Å². The fourth-order valence-corrected chi connectivity index (χ4v) is 4.86. The third-order valence-electron chi connectivity index (χ3n) is 2.60. The van der Waals surface area contributed by atoms with E-state index in [0.29, 0.717) is 5.56 Å². The summed E-state index contributed by atoms with van der Waals surface area (Å²) in [4.78, 5) is 11.0. The molecule has 0 atom stereocenters. The minimum atomic E-state index is -3.79. The van der Waals surface area contributed by atoms with Crippen molar-refractivity contribution in [3.05, 3.63) is 16.5 Å². The van der Waals surface area contributed by atoms with E-state index in [2.05, 4.69) is 0 Å². The van der Waals surface area contributed by atoms with Gasteiger partial charge in [0.15, 0.2) is 0 Å². The minimum absolute atomic E-state index is 0.0153. The summed E-state index contributed by atoms with van der Waals surface area (Å²) in [6.45, 7) is 6.42. The van der Waals surface area contributed by atoms with Crippen molar-refractivity contribution in [1.29, 1.82) is 0 Å². The number of aliphatic hydroxyl groups is 1. The Labute approximate surface area is 122 Å². The Morgan fingerprint density at radius 2 is 2.00 bits per heavy atom. The van der Waals surface area contributed by atoms with Crippen molar-refractivity contribution in [2.24, 2.45) is 0 Å². The van der Waals surface area contributed by atoms with Gasteiger partial charge in [-0.1, -0.05) is 6.92 Å². The van der Waals surface area contributed by atoms with E-state index in [0.717, 1.165) is 15.6 Å². The fraction of sp³-hybridized carbons (Fsp3) is 0.583. The molecule has 0 aliphatic carbocycles. The summed E-state index contributed by atoms with van der Waals surface area (Å²) in [6.07, 6.45) is 0. The molecule has 0 aliphatic heterocycles. The monoisotopic (exact) mass is 321 g/mol. The molecule has 0 saturated carbocycles. The summed E-state index contributed by atoms with van der Waals surface area (Å²) in [5.74, 6) is -1.14. The van der Waals surface area contributed by atoms with Crippen molar-refractivity contribution >= 4 is 27.3 Å². The summed E-state index contributed by atoms with van der Waals surface area (Å²) in [6, 6.07) is 1.36. The molecule has 0 aliphatic rings. The predicted octanol–water partition coefficient (Wildman–Crippen LogP) is 1.54. The molecule has 0 radical (unpaired) electrons. The van der Waals surface area contributed by atoms with Gasteiger partial charge in [-0.05, 0) is 32.4 Å². The molecule has 6 nitrogen and oxygen atoms in total. The Morgan fingerprint density at radius 1 is 1.45 bits per heavy atom. The molecule has 0 fully saturated rings. The molecule has 114 valence electrons. The maximum absolute atomic E-state index is 12.5. The lowest BCUT2D eigenvalue weighted by Gasteiger charge is -2.26. The van der Waals surface area contributed by atoms with Crippen LogP contribution in [0, 0.1) is 6.92 Å². The average molecular weight is 321 g/mol. The Balaban J connectivity index is 3.21. The Morgan fingerprint density at radius 3 is 2.35 bits per heavy atom. The molecule has 1 rings (SSSR count). The highest BCUT2D eigenvalue weighted by Gasteiger charge is 2.30. The van der Waals surface area contributed by atoms with Crippen LogP contribution in [0.15, 0.2) is 10.3 Å². The third-order valence-corrected chi connectivity index (χ3v) is 6.19. The minimum Gasteiger partial charge on any atom is -0.477 e. The zero-order valence-corrected chi connectivity index (χ0v) is 13.5. The second-order valence-corrected chi connectivity index (χ2v) is 8.34. The predicted molar refractivity (Wildman–Crippen MR) is 76.7 cm³/mol. The van der Waals surface area contributed by atoms with E-state index < -0.39 is 21.6 Å². The van der Waals surface area contributed by atoms with Gasteiger partial charge in [0.1, 0.15) is 9.09 Å². The van der Waals surface area contributed by atoms with Crippen LogP contribution < -0.4 is 0 Å². The molecular weight excluding hydrogens is 302 g/mol. The van der Waals surface area contributed by atoms with E-state index in [1.54, 1.807) is 13.8 Å². The van der Waals surface area contributed by atoms with Crippen LogP contribution in [0.1, 0.15) is 36.0 Å². The first-order valence-electron chi connectivity index (χ1n) is 6.05. The number of hydrogen-bond acceptors (Lipinski definition) is 5. The van der Waals surface area contributed by atoms with Gasteiger partial charge in [-0.15, -0.1) is 11.3 Å². The third kappa shape index (κ3) is 3.78. The summed E-state index contributed by atoms with van der Waals surface area (Å²) in [5, 5.41) is 18.8. The molecule has 0 spiro atoms. The molecule has 1 aromatic rings. The van der Waals surface area contributed by atoms with Crippen molar-refractivity contribution in [1.82, 2.24) is 4.31 Å². The number of hydrogen-bond donors (Lipinski definition) is 2. The number of aromatic carboxylic acids is 1. The Bertz CT molecular complexity index is 598. The van der Waals surface area contributed by atoms with Gasteiger partial charge in [0.05, 0.1) is 5.60 Å². The maximum atomic E-state index is 12.5. The van der Waals surface area contributed by atoms with E-state index >= 15 is 0 Å². The van der Waals surface area contributed by atoms with Crippen LogP contribution in [0.25, 0.3) is 0 Å². The van der Waals surface area contributed by atoms with E-state index in [-0.39, 0.29) is 22.2 Å². The van der Waals surface area contributed by atoms with Gasteiger partial charge in [-0.3, -0.25) is 0 Å². The van der Waals surface area contributed by atoms with E-state index in [1.807, 2.05) is 0 Å². The maximum Gasteiger partial charge on any atom is 0.346 e. The number of rotatable bonds is 6. The van der Waals surface area contributed by atoms with Gasteiger partial charge in [-0.25, -0.2) is 13.2 Å². The molecule has 0 bridgehead atoms. The number of carboxylic acid groups (broad SMARTS) is 1.